The first-order chi connectivity index (χ1) is 9.92. The summed E-state index contributed by atoms with van der Waals surface area (Å²) in [7, 11) is 1.72. The van der Waals surface area contributed by atoms with Crippen molar-refractivity contribution in [2.45, 2.75) is 26.9 Å². The second kappa shape index (κ2) is 6.37. The van der Waals surface area contributed by atoms with Crippen LogP contribution in [0.25, 0.3) is 0 Å². The average Bonchev–Trinajstić information content (AvgIpc) is 2.37. The maximum Gasteiger partial charge on any atom is 0.490 e. The number of aryl methyl sites for hydroxylation is 1. The van der Waals surface area contributed by atoms with Crippen molar-refractivity contribution in [3.63, 3.8) is 0 Å². The van der Waals surface area contributed by atoms with E-state index in [1.807, 2.05) is 0 Å². The molecule has 0 aliphatic rings. The summed E-state index contributed by atoms with van der Waals surface area (Å²) < 4.78 is 40.7. The molecule has 6 nitrogen and oxygen atoms in total. The molecule has 0 atom stereocenters. The minimum Gasteiger partial charge on any atom is -0.458 e. The fourth-order valence-corrected chi connectivity index (χ4v) is 1.94. The van der Waals surface area contributed by atoms with E-state index >= 15 is 0 Å². The minimum absolute atomic E-state index is 0.105. The van der Waals surface area contributed by atoms with Crippen molar-refractivity contribution in [1.82, 2.24) is 9.97 Å². The van der Waals surface area contributed by atoms with E-state index in [1.54, 1.807) is 38.9 Å². The largest absolute Gasteiger partial charge is 0.490 e. The summed E-state index contributed by atoms with van der Waals surface area (Å²) in [6.07, 6.45) is -3.43. The summed E-state index contributed by atoms with van der Waals surface area (Å²) in [6.45, 7) is 5.12. The Morgan fingerprint density at radius 1 is 1.41 bits per heavy atom. The molecule has 1 aromatic heterocycles. The maximum absolute atomic E-state index is 12.1. The van der Waals surface area contributed by atoms with Gasteiger partial charge >= 0.3 is 12.1 Å². The summed E-state index contributed by atoms with van der Waals surface area (Å²) in [5.41, 5.74) is 5.60. The number of aromatic nitrogens is 2. The van der Waals surface area contributed by atoms with Gasteiger partial charge in [-0.1, -0.05) is 13.8 Å². The number of alkyl halides is 3. The van der Waals surface area contributed by atoms with Crippen molar-refractivity contribution in [3.05, 3.63) is 11.8 Å². The lowest BCUT2D eigenvalue weighted by atomic mass is 9.94. The molecule has 0 unspecified atom stereocenters. The monoisotopic (exact) mass is 320 g/mol. The number of nitrogens with zero attached hydrogens (tertiary/aromatic N) is 3. The number of carbonyl (C=O) groups excluding carboxylic acids is 1. The second-order valence-corrected chi connectivity index (χ2v) is 5.83. The first-order valence-electron chi connectivity index (χ1n) is 6.46. The number of esters is 1. The van der Waals surface area contributed by atoms with Crippen LogP contribution in [0, 0.1) is 12.3 Å². The quantitative estimate of drug-likeness (QED) is 0.835. The zero-order chi connectivity index (χ0) is 17.1. The number of anilines is 2. The van der Waals surface area contributed by atoms with E-state index in [9.17, 15) is 18.0 Å². The van der Waals surface area contributed by atoms with Gasteiger partial charge in [0.25, 0.3) is 0 Å². The molecule has 1 aromatic rings. The number of nitrogens with two attached hydrogens (primary N) is 1. The lowest BCUT2D eigenvalue weighted by molar-refractivity contribution is -0.202. The highest BCUT2D eigenvalue weighted by Crippen LogP contribution is 2.24. The number of carbonyl (C=O) groups is 1. The van der Waals surface area contributed by atoms with Crippen LogP contribution in [0.5, 0.6) is 0 Å². The number of rotatable bonds is 5. The second-order valence-electron chi connectivity index (χ2n) is 5.83. The fourth-order valence-electron chi connectivity index (χ4n) is 1.94. The summed E-state index contributed by atoms with van der Waals surface area (Å²) >= 11 is 0. The highest BCUT2D eigenvalue weighted by molar-refractivity contribution is 5.75. The Labute approximate surface area is 126 Å². The van der Waals surface area contributed by atoms with Crippen molar-refractivity contribution < 1.29 is 22.7 Å². The molecular weight excluding hydrogens is 301 g/mol. The Bertz CT molecular complexity index is 547. The van der Waals surface area contributed by atoms with E-state index in [2.05, 4.69) is 14.7 Å². The van der Waals surface area contributed by atoms with Gasteiger partial charge in [0.05, 0.1) is 6.61 Å². The Hall–Kier alpha value is -2.06. The van der Waals surface area contributed by atoms with Gasteiger partial charge in [0.1, 0.15) is 5.82 Å². The van der Waals surface area contributed by atoms with E-state index in [0.717, 1.165) is 5.56 Å². The third kappa shape index (κ3) is 5.05. The fraction of sp³-hybridized carbons (Fsp3) is 0.615. The third-order valence-electron chi connectivity index (χ3n) is 2.82. The summed E-state index contributed by atoms with van der Waals surface area (Å²) in [5, 5.41) is 0. The highest BCUT2D eigenvalue weighted by atomic mass is 19.4. The molecule has 9 heteroatoms. The zero-order valence-electron chi connectivity index (χ0n) is 12.9. The highest BCUT2D eigenvalue weighted by Gasteiger charge is 2.41. The van der Waals surface area contributed by atoms with E-state index in [4.69, 9.17) is 5.73 Å². The van der Waals surface area contributed by atoms with Crippen LogP contribution in [0.4, 0.5) is 24.9 Å². The lowest BCUT2D eigenvalue weighted by Gasteiger charge is -2.31. The van der Waals surface area contributed by atoms with E-state index in [0.29, 0.717) is 12.4 Å². The van der Waals surface area contributed by atoms with Gasteiger partial charge in [0.2, 0.25) is 5.95 Å². The molecule has 0 aliphatic carbocycles. The molecule has 0 aliphatic heterocycles. The van der Waals surface area contributed by atoms with Crippen LogP contribution in [0.3, 0.4) is 0 Å². The van der Waals surface area contributed by atoms with Crippen LogP contribution in [0.1, 0.15) is 19.4 Å². The van der Waals surface area contributed by atoms with Crippen molar-refractivity contribution in [1.29, 1.82) is 0 Å². The smallest absolute Gasteiger partial charge is 0.458 e. The number of nitrogen functional groups attached to an aromatic ring is 1. The van der Waals surface area contributed by atoms with Gasteiger partial charge in [-0.15, -0.1) is 0 Å². The van der Waals surface area contributed by atoms with Gasteiger partial charge < -0.3 is 15.4 Å². The Balaban J connectivity index is 2.71. The van der Waals surface area contributed by atoms with Gasteiger partial charge in [-0.3, -0.25) is 0 Å². The summed E-state index contributed by atoms with van der Waals surface area (Å²) in [4.78, 5) is 20.4. The molecule has 0 bridgehead atoms. The average molecular weight is 320 g/mol. The molecule has 22 heavy (non-hydrogen) atoms. The lowest BCUT2D eigenvalue weighted by Crippen LogP contribution is -2.38. The number of hydrogen-bond acceptors (Lipinski definition) is 6. The molecule has 1 rings (SSSR count). The number of hydrogen-bond donors (Lipinski definition) is 1. The van der Waals surface area contributed by atoms with Crippen molar-refractivity contribution in [2.75, 3.05) is 30.8 Å². The van der Waals surface area contributed by atoms with E-state index < -0.39 is 17.6 Å². The van der Waals surface area contributed by atoms with E-state index in [1.165, 1.54) is 0 Å². The van der Waals surface area contributed by atoms with Gasteiger partial charge in [0, 0.05) is 30.8 Å². The van der Waals surface area contributed by atoms with Gasteiger partial charge in [-0.05, 0) is 6.92 Å². The summed E-state index contributed by atoms with van der Waals surface area (Å²) in [5.74, 6) is -1.51. The Kier molecular flexibility index (Phi) is 5.21. The van der Waals surface area contributed by atoms with Crippen molar-refractivity contribution >= 4 is 17.7 Å². The molecule has 0 radical (unpaired) electrons. The van der Waals surface area contributed by atoms with Crippen molar-refractivity contribution in [3.8, 4) is 0 Å². The SMILES string of the molecule is Cc1cnc(N)nc1N(C)CC(C)(C)COC(=O)C(F)(F)F. The van der Waals surface area contributed by atoms with Crippen LogP contribution in [-0.4, -0.2) is 42.3 Å². The molecule has 0 aromatic carbocycles. The van der Waals surface area contributed by atoms with Crippen LogP contribution in [-0.2, 0) is 9.53 Å². The van der Waals surface area contributed by atoms with Gasteiger partial charge in [0.15, 0.2) is 0 Å². The summed E-state index contributed by atoms with van der Waals surface area (Å²) in [6, 6.07) is 0. The third-order valence-corrected chi connectivity index (χ3v) is 2.82. The Morgan fingerprint density at radius 2 is 2.00 bits per heavy atom. The number of ether oxygens (including phenoxy) is 1. The normalized spacial score (nSPS) is 12.1. The molecule has 0 saturated carbocycles. The minimum atomic E-state index is -4.99. The van der Waals surface area contributed by atoms with Crippen LogP contribution >= 0.6 is 0 Å². The maximum atomic E-state index is 12.1. The predicted molar refractivity (Wildman–Crippen MR) is 75.2 cm³/mol. The molecule has 124 valence electrons. The molecule has 2 N–H and O–H groups in total. The van der Waals surface area contributed by atoms with E-state index in [-0.39, 0.29) is 12.6 Å². The van der Waals surface area contributed by atoms with Gasteiger partial charge in [-0.25, -0.2) is 9.78 Å². The molecule has 0 saturated heterocycles. The van der Waals surface area contributed by atoms with Crippen LogP contribution < -0.4 is 10.6 Å². The zero-order valence-corrected chi connectivity index (χ0v) is 12.9. The van der Waals surface area contributed by atoms with Gasteiger partial charge in [-0.2, -0.15) is 18.2 Å². The molecule has 0 spiro atoms. The van der Waals surface area contributed by atoms with Crippen LogP contribution in [0.15, 0.2) is 6.20 Å². The first-order valence-corrected chi connectivity index (χ1v) is 6.46. The predicted octanol–water partition coefficient (Wildman–Crippen LogP) is 1.94. The molecule has 1 heterocycles. The van der Waals surface area contributed by atoms with Crippen molar-refractivity contribution in [2.24, 2.45) is 5.41 Å². The van der Waals surface area contributed by atoms with Crippen LogP contribution in [0.2, 0.25) is 0 Å². The first kappa shape index (κ1) is 18.0. The topological polar surface area (TPSA) is 81.3 Å². The standard InChI is InChI=1S/C13H19F3N4O2/c1-8-5-18-11(17)19-9(8)20(4)6-12(2,3)7-22-10(21)13(14,15)16/h5H,6-7H2,1-4H3,(H2,17,18,19). The molecule has 0 amide bonds. The molecular formula is C13H19F3N4O2. The molecule has 0 fully saturated rings. The Morgan fingerprint density at radius 3 is 2.55 bits per heavy atom. The number of halogens is 3.